The van der Waals surface area contributed by atoms with Crippen molar-refractivity contribution in [2.75, 3.05) is 7.11 Å². The zero-order valence-electron chi connectivity index (χ0n) is 12.0. The molecule has 2 aromatic rings. The first kappa shape index (κ1) is 15.8. The Kier molecular flexibility index (Phi) is 4.50. The van der Waals surface area contributed by atoms with Crippen LogP contribution in [0.1, 0.15) is 11.1 Å². The van der Waals surface area contributed by atoms with Crippen molar-refractivity contribution in [2.45, 2.75) is 0 Å². The first-order valence-corrected chi connectivity index (χ1v) is 7.86. The number of ether oxygens (including phenoxy) is 2. The minimum atomic E-state index is -0.484. The van der Waals surface area contributed by atoms with Crippen molar-refractivity contribution < 1.29 is 14.3 Å². The highest BCUT2D eigenvalue weighted by Crippen LogP contribution is 2.28. The largest absolute Gasteiger partial charge is 0.496 e. The summed E-state index contributed by atoms with van der Waals surface area (Å²) in [4.78, 5) is 16.2. The molecule has 0 saturated heterocycles. The van der Waals surface area contributed by atoms with Gasteiger partial charge in [0.15, 0.2) is 5.70 Å². The van der Waals surface area contributed by atoms with Crippen molar-refractivity contribution in [3.8, 4) is 5.75 Å². The van der Waals surface area contributed by atoms with Crippen molar-refractivity contribution in [3.63, 3.8) is 0 Å². The first-order valence-electron chi connectivity index (χ1n) is 6.69. The fourth-order valence-electron chi connectivity index (χ4n) is 2.05. The molecule has 0 aromatic heterocycles. The Bertz CT molecular complexity index is 828. The summed E-state index contributed by atoms with van der Waals surface area (Å²) in [6.45, 7) is 0. The lowest BCUT2D eigenvalue weighted by Gasteiger charge is -2.05. The van der Waals surface area contributed by atoms with Gasteiger partial charge in [-0.3, -0.25) is 0 Å². The van der Waals surface area contributed by atoms with E-state index in [1.54, 1.807) is 55.7 Å². The highest BCUT2D eigenvalue weighted by Gasteiger charge is 2.24. The second-order valence-corrected chi connectivity index (χ2v) is 6.03. The molecule has 0 bridgehead atoms. The number of nitrogens with zero attached hydrogens (tertiary/aromatic N) is 1. The Morgan fingerprint density at radius 3 is 2.61 bits per heavy atom. The maximum atomic E-state index is 12.0. The number of hydrogen-bond donors (Lipinski definition) is 0. The SMILES string of the molecule is COc1ccc(C2=NC(=Cc3ccc(Cl)cc3)C(=O)O2)cc1Br. The van der Waals surface area contributed by atoms with Crippen LogP contribution in [-0.4, -0.2) is 19.0 Å². The lowest BCUT2D eigenvalue weighted by Crippen LogP contribution is -2.05. The number of aliphatic imine (C=N–C) groups is 1. The fourth-order valence-corrected chi connectivity index (χ4v) is 2.72. The van der Waals surface area contributed by atoms with Gasteiger partial charge < -0.3 is 9.47 Å². The number of hydrogen-bond acceptors (Lipinski definition) is 4. The van der Waals surface area contributed by atoms with Crippen LogP contribution >= 0.6 is 27.5 Å². The smallest absolute Gasteiger partial charge is 0.363 e. The van der Waals surface area contributed by atoms with Crippen molar-refractivity contribution in [1.29, 1.82) is 0 Å². The van der Waals surface area contributed by atoms with Gasteiger partial charge in [-0.15, -0.1) is 0 Å². The van der Waals surface area contributed by atoms with E-state index in [2.05, 4.69) is 20.9 Å². The standard InChI is InChI=1S/C17H11BrClNO3/c1-22-15-7-4-11(9-13(15)18)16-20-14(17(21)23-16)8-10-2-5-12(19)6-3-10/h2-9H,1H3. The van der Waals surface area contributed by atoms with E-state index in [1.165, 1.54) is 0 Å². The summed E-state index contributed by atoms with van der Waals surface area (Å²) in [7, 11) is 1.58. The molecule has 3 rings (SSSR count). The predicted molar refractivity (Wildman–Crippen MR) is 92.8 cm³/mol. The van der Waals surface area contributed by atoms with Crippen molar-refractivity contribution in [3.05, 3.63) is 68.8 Å². The molecule has 1 aliphatic rings. The Balaban J connectivity index is 1.92. The van der Waals surface area contributed by atoms with E-state index in [0.29, 0.717) is 16.3 Å². The summed E-state index contributed by atoms with van der Waals surface area (Å²) in [5.41, 5.74) is 1.75. The second kappa shape index (κ2) is 6.56. The van der Waals surface area contributed by atoms with Gasteiger partial charge in [0.05, 0.1) is 11.6 Å². The minimum Gasteiger partial charge on any atom is -0.496 e. The van der Waals surface area contributed by atoms with Gasteiger partial charge in [-0.25, -0.2) is 9.79 Å². The Morgan fingerprint density at radius 1 is 1.22 bits per heavy atom. The number of esters is 1. The zero-order chi connectivity index (χ0) is 16.4. The van der Waals surface area contributed by atoms with E-state index in [9.17, 15) is 4.79 Å². The summed E-state index contributed by atoms with van der Waals surface area (Å²) in [6, 6.07) is 12.5. The highest BCUT2D eigenvalue weighted by molar-refractivity contribution is 9.10. The lowest BCUT2D eigenvalue weighted by molar-refractivity contribution is -0.129. The number of carbonyl (C=O) groups is 1. The van der Waals surface area contributed by atoms with Gasteiger partial charge in [0.1, 0.15) is 5.75 Å². The highest BCUT2D eigenvalue weighted by atomic mass is 79.9. The first-order chi connectivity index (χ1) is 11.1. The monoisotopic (exact) mass is 391 g/mol. The summed E-state index contributed by atoms with van der Waals surface area (Å²) in [6.07, 6.45) is 1.66. The average molecular weight is 393 g/mol. The Labute approximate surface area is 146 Å². The molecule has 0 N–H and O–H groups in total. The van der Waals surface area contributed by atoms with Crippen molar-refractivity contribution >= 4 is 45.5 Å². The number of benzene rings is 2. The van der Waals surface area contributed by atoms with Crippen LogP contribution in [0.3, 0.4) is 0 Å². The molecule has 23 heavy (non-hydrogen) atoms. The van der Waals surface area contributed by atoms with Crippen LogP contribution in [0, 0.1) is 0 Å². The Morgan fingerprint density at radius 2 is 1.96 bits per heavy atom. The van der Waals surface area contributed by atoms with Gasteiger partial charge in [0.25, 0.3) is 0 Å². The normalized spacial score (nSPS) is 15.5. The molecule has 0 saturated carbocycles. The molecule has 4 nitrogen and oxygen atoms in total. The molecule has 0 spiro atoms. The van der Waals surface area contributed by atoms with Gasteiger partial charge in [0, 0.05) is 10.6 Å². The topological polar surface area (TPSA) is 47.9 Å². The van der Waals surface area contributed by atoms with E-state index in [-0.39, 0.29) is 11.6 Å². The number of cyclic esters (lactones) is 1. The fraction of sp³-hybridized carbons (Fsp3) is 0.0588. The summed E-state index contributed by atoms with van der Waals surface area (Å²) in [5, 5.41) is 0.633. The van der Waals surface area contributed by atoms with Crippen molar-refractivity contribution in [1.82, 2.24) is 0 Å². The van der Waals surface area contributed by atoms with Crippen molar-refractivity contribution in [2.24, 2.45) is 4.99 Å². The van der Waals surface area contributed by atoms with E-state index < -0.39 is 5.97 Å². The van der Waals surface area contributed by atoms with Gasteiger partial charge in [-0.05, 0) is 57.9 Å². The van der Waals surface area contributed by atoms with Gasteiger partial charge >= 0.3 is 5.97 Å². The van der Waals surface area contributed by atoms with Crippen LogP contribution in [0.4, 0.5) is 0 Å². The summed E-state index contributed by atoms with van der Waals surface area (Å²) >= 11 is 9.24. The van der Waals surface area contributed by atoms with Crippen LogP contribution in [0.2, 0.25) is 5.02 Å². The van der Waals surface area contributed by atoms with Crippen LogP contribution in [0.25, 0.3) is 6.08 Å². The van der Waals surface area contributed by atoms with Gasteiger partial charge in [0.2, 0.25) is 5.90 Å². The van der Waals surface area contributed by atoms with E-state index in [0.717, 1.165) is 10.0 Å². The molecular weight excluding hydrogens is 382 g/mol. The molecule has 0 atom stereocenters. The average Bonchev–Trinajstić information content (AvgIpc) is 2.90. The summed E-state index contributed by atoms with van der Waals surface area (Å²) in [5.74, 6) is 0.469. The molecule has 116 valence electrons. The number of carbonyl (C=O) groups excluding carboxylic acids is 1. The third kappa shape index (κ3) is 3.46. The van der Waals surface area contributed by atoms with E-state index in [4.69, 9.17) is 21.1 Å². The second-order valence-electron chi connectivity index (χ2n) is 4.74. The maximum Gasteiger partial charge on any atom is 0.363 e. The van der Waals surface area contributed by atoms with Crippen LogP contribution < -0.4 is 4.74 Å². The molecule has 1 heterocycles. The molecule has 0 aliphatic carbocycles. The zero-order valence-corrected chi connectivity index (χ0v) is 14.4. The molecule has 0 radical (unpaired) electrons. The third-order valence-electron chi connectivity index (χ3n) is 3.19. The van der Waals surface area contributed by atoms with E-state index >= 15 is 0 Å². The predicted octanol–water partition coefficient (Wildman–Crippen LogP) is 4.46. The molecule has 1 aliphatic heterocycles. The number of rotatable bonds is 3. The molecule has 2 aromatic carbocycles. The van der Waals surface area contributed by atoms with E-state index in [1.807, 2.05) is 0 Å². The molecule has 6 heteroatoms. The molecule has 0 unspecified atom stereocenters. The molecule has 0 fully saturated rings. The van der Waals surface area contributed by atoms with Gasteiger partial charge in [-0.1, -0.05) is 23.7 Å². The van der Waals surface area contributed by atoms with Crippen LogP contribution in [0.5, 0.6) is 5.75 Å². The maximum absolute atomic E-state index is 12.0. The van der Waals surface area contributed by atoms with Crippen LogP contribution in [0.15, 0.2) is 57.6 Å². The van der Waals surface area contributed by atoms with Crippen LogP contribution in [-0.2, 0) is 9.53 Å². The molecule has 0 amide bonds. The number of methoxy groups -OCH3 is 1. The summed E-state index contributed by atoms with van der Waals surface area (Å²) < 4.78 is 11.2. The number of halogens is 2. The van der Waals surface area contributed by atoms with Gasteiger partial charge in [-0.2, -0.15) is 0 Å². The minimum absolute atomic E-state index is 0.245. The third-order valence-corrected chi connectivity index (χ3v) is 4.06. The quantitative estimate of drug-likeness (QED) is 0.572. The molecular formula is C17H11BrClNO3. The lowest BCUT2D eigenvalue weighted by atomic mass is 10.2. The Hall–Kier alpha value is -2.11.